The fourth-order valence-electron chi connectivity index (χ4n) is 4.01. The largest absolute Gasteiger partial charge is 0.352 e. The first-order valence-electron chi connectivity index (χ1n) is 12.3. The summed E-state index contributed by atoms with van der Waals surface area (Å²) in [6, 6.07) is 21.1. The molecule has 2 amide bonds. The molecule has 0 aliphatic heterocycles. The molecule has 0 heterocycles. The molecule has 1 N–H and O–H groups in total. The second kappa shape index (κ2) is 12.1. The van der Waals surface area contributed by atoms with Crippen LogP contribution in [0.3, 0.4) is 0 Å². The van der Waals surface area contributed by atoms with Gasteiger partial charge in [-0.2, -0.15) is 4.31 Å². The molecule has 0 aliphatic carbocycles. The molecule has 3 rings (SSSR count). The number of hydrogen-bond acceptors (Lipinski definition) is 4. The van der Waals surface area contributed by atoms with E-state index in [1.807, 2.05) is 75.4 Å². The lowest BCUT2D eigenvalue weighted by Crippen LogP contribution is -2.53. The molecule has 0 bridgehead atoms. The molecular weight excluding hydrogens is 474 g/mol. The Kier molecular flexibility index (Phi) is 9.23. The molecule has 192 valence electrons. The number of benzene rings is 3. The summed E-state index contributed by atoms with van der Waals surface area (Å²) in [7, 11) is -2.53. The van der Waals surface area contributed by atoms with Gasteiger partial charge < -0.3 is 10.2 Å². The normalized spacial score (nSPS) is 13.4. The van der Waals surface area contributed by atoms with Gasteiger partial charge in [-0.3, -0.25) is 9.59 Å². The monoisotopic (exact) mass is 509 g/mol. The highest BCUT2D eigenvalue weighted by atomic mass is 32.2. The van der Waals surface area contributed by atoms with E-state index < -0.39 is 22.0 Å². The number of amides is 2. The van der Waals surface area contributed by atoms with E-state index in [1.165, 1.54) is 11.9 Å². The highest BCUT2D eigenvalue weighted by Crippen LogP contribution is 2.22. The van der Waals surface area contributed by atoms with Crippen molar-refractivity contribution in [1.82, 2.24) is 14.5 Å². The number of carbonyl (C=O) groups excluding carboxylic acids is 2. The van der Waals surface area contributed by atoms with Gasteiger partial charge in [-0.25, -0.2) is 8.42 Å². The molecule has 0 unspecified atom stereocenters. The van der Waals surface area contributed by atoms with Crippen LogP contribution in [0.2, 0.25) is 0 Å². The molecule has 7 nitrogen and oxygen atoms in total. The average Bonchev–Trinajstić information content (AvgIpc) is 2.88. The molecule has 0 saturated heterocycles. The molecular formula is C28H35N3O4S. The van der Waals surface area contributed by atoms with E-state index in [2.05, 4.69) is 5.32 Å². The zero-order valence-corrected chi connectivity index (χ0v) is 22.2. The predicted octanol–water partition coefficient (Wildman–Crippen LogP) is 4.18. The van der Waals surface area contributed by atoms with Crippen LogP contribution in [0.25, 0.3) is 10.8 Å². The lowest BCUT2D eigenvalue weighted by atomic mass is 10.1. The van der Waals surface area contributed by atoms with Crippen molar-refractivity contribution in [2.45, 2.75) is 57.1 Å². The van der Waals surface area contributed by atoms with Gasteiger partial charge >= 0.3 is 0 Å². The third-order valence-electron chi connectivity index (χ3n) is 6.37. The van der Waals surface area contributed by atoms with Crippen LogP contribution in [0.1, 0.15) is 39.2 Å². The maximum absolute atomic E-state index is 13.5. The molecule has 0 fully saturated rings. The summed E-state index contributed by atoms with van der Waals surface area (Å²) in [5.74, 6) is -0.673. The Morgan fingerprint density at radius 2 is 1.53 bits per heavy atom. The topological polar surface area (TPSA) is 86.8 Å². The molecule has 3 aromatic rings. The number of sulfonamides is 1. The number of nitrogens with zero attached hydrogens (tertiary/aromatic N) is 2. The van der Waals surface area contributed by atoms with Crippen LogP contribution >= 0.6 is 0 Å². The molecule has 0 aromatic heterocycles. The highest BCUT2D eigenvalue weighted by Gasteiger charge is 2.32. The van der Waals surface area contributed by atoms with Crippen LogP contribution in [-0.2, 0) is 26.2 Å². The summed E-state index contributed by atoms with van der Waals surface area (Å²) >= 11 is 0. The second-order valence-corrected chi connectivity index (χ2v) is 11.1. The van der Waals surface area contributed by atoms with E-state index in [-0.39, 0.29) is 29.9 Å². The Labute approximate surface area is 214 Å². The van der Waals surface area contributed by atoms with Gasteiger partial charge in [0.1, 0.15) is 6.04 Å². The third kappa shape index (κ3) is 6.50. The first-order chi connectivity index (χ1) is 17.2. The summed E-state index contributed by atoms with van der Waals surface area (Å²) in [6.07, 6.45) is 1.17. The summed E-state index contributed by atoms with van der Waals surface area (Å²) in [5, 5.41) is 4.70. The molecule has 0 saturated carbocycles. The SMILES string of the molecule is CC[C@@H](C)NC(=O)[C@@H](CC)N(Cc1ccccc1)C(=O)CN(C)S(=O)(=O)c1ccc2ccccc2c1. The second-order valence-electron chi connectivity index (χ2n) is 9.02. The van der Waals surface area contributed by atoms with Crippen molar-refractivity contribution in [2.75, 3.05) is 13.6 Å². The Balaban J connectivity index is 1.86. The zero-order valence-electron chi connectivity index (χ0n) is 21.3. The van der Waals surface area contributed by atoms with Gasteiger partial charge in [0.2, 0.25) is 21.8 Å². The van der Waals surface area contributed by atoms with Crippen molar-refractivity contribution < 1.29 is 18.0 Å². The van der Waals surface area contributed by atoms with Gasteiger partial charge in [0.25, 0.3) is 0 Å². The number of nitrogens with one attached hydrogen (secondary N) is 1. The molecule has 0 spiro atoms. The highest BCUT2D eigenvalue weighted by molar-refractivity contribution is 7.89. The molecule has 0 aliphatic rings. The van der Waals surface area contributed by atoms with E-state index in [0.29, 0.717) is 6.42 Å². The summed E-state index contributed by atoms with van der Waals surface area (Å²) < 4.78 is 27.7. The number of fused-ring (bicyclic) bond motifs is 1. The van der Waals surface area contributed by atoms with Crippen LogP contribution in [0.15, 0.2) is 77.7 Å². The minimum Gasteiger partial charge on any atom is -0.352 e. The number of hydrogen-bond donors (Lipinski definition) is 1. The Hall–Kier alpha value is -3.23. The molecule has 8 heteroatoms. The Morgan fingerprint density at radius 1 is 0.889 bits per heavy atom. The molecule has 0 radical (unpaired) electrons. The van der Waals surface area contributed by atoms with Crippen LogP contribution < -0.4 is 5.32 Å². The van der Waals surface area contributed by atoms with Gasteiger partial charge in [0, 0.05) is 19.6 Å². The van der Waals surface area contributed by atoms with Crippen molar-refractivity contribution in [1.29, 1.82) is 0 Å². The first kappa shape index (κ1) is 27.4. The minimum atomic E-state index is -3.92. The van der Waals surface area contributed by atoms with Crippen LogP contribution in [0, 0.1) is 0 Å². The van der Waals surface area contributed by atoms with E-state index in [4.69, 9.17) is 0 Å². The van der Waals surface area contributed by atoms with Gasteiger partial charge in [-0.1, -0.05) is 74.5 Å². The molecule has 2 atom stereocenters. The van der Waals surface area contributed by atoms with E-state index in [9.17, 15) is 18.0 Å². The number of likely N-dealkylation sites (N-methyl/N-ethyl adjacent to an activating group) is 1. The minimum absolute atomic E-state index is 0.0313. The molecule has 3 aromatic carbocycles. The van der Waals surface area contributed by atoms with E-state index >= 15 is 0 Å². The van der Waals surface area contributed by atoms with Gasteiger partial charge in [-0.15, -0.1) is 0 Å². The first-order valence-corrected chi connectivity index (χ1v) is 13.7. The predicted molar refractivity (Wildman–Crippen MR) is 143 cm³/mol. The van der Waals surface area contributed by atoms with Crippen LogP contribution in [0.4, 0.5) is 0 Å². The summed E-state index contributed by atoms with van der Waals surface area (Å²) in [6.45, 7) is 5.57. The van der Waals surface area contributed by atoms with E-state index in [1.54, 1.807) is 18.2 Å². The quantitative estimate of drug-likeness (QED) is 0.420. The van der Waals surface area contributed by atoms with Crippen molar-refractivity contribution >= 4 is 32.6 Å². The maximum Gasteiger partial charge on any atom is 0.243 e. The smallest absolute Gasteiger partial charge is 0.243 e. The van der Waals surface area contributed by atoms with Crippen LogP contribution in [-0.4, -0.2) is 55.1 Å². The van der Waals surface area contributed by atoms with Crippen molar-refractivity contribution in [3.8, 4) is 0 Å². The van der Waals surface area contributed by atoms with Gasteiger partial charge in [-0.05, 0) is 48.2 Å². The Morgan fingerprint density at radius 3 is 2.17 bits per heavy atom. The zero-order chi connectivity index (χ0) is 26.3. The lowest BCUT2D eigenvalue weighted by Gasteiger charge is -2.32. The lowest BCUT2D eigenvalue weighted by molar-refractivity contribution is -0.141. The number of rotatable bonds is 11. The third-order valence-corrected chi connectivity index (χ3v) is 8.17. The van der Waals surface area contributed by atoms with Crippen molar-refractivity contribution in [2.24, 2.45) is 0 Å². The van der Waals surface area contributed by atoms with Gasteiger partial charge in [0.05, 0.1) is 11.4 Å². The van der Waals surface area contributed by atoms with Gasteiger partial charge in [0.15, 0.2) is 0 Å². The van der Waals surface area contributed by atoms with Crippen molar-refractivity contribution in [3.63, 3.8) is 0 Å². The molecule has 36 heavy (non-hydrogen) atoms. The standard InChI is InChI=1S/C28H35N3O4S/c1-5-21(3)29-28(33)26(6-2)31(19-22-12-8-7-9-13-22)27(32)20-30(4)36(34,35)25-17-16-23-14-10-11-15-24(23)18-25/h7-18,21,26H,5-6,19-20H2,1-4H3,(H,29,33)/t21-,26-/m1/s1. The average molecular weight is 510 g/mol. The summed E-state index contributed by atoms with van der Waals surface area (Å²) in [5.41, 5.74) is 0.862. The summed E-state index contributed by atoms with van der Waals surface area (Å²) in [4.78, 5) is 28.2. The van der Waals surface area contributed by atoms with Crippen molar-refractivity contribution in [3.05, 3.63) is 78.4 Å². The fourth-order valence-corrected chi connectivity index (χ4v) is 5.17. The fraction of sp³-hybridized carbons (Fsp3) is 0.357. The Bertz CT molecular complexity index is 1290. The van der Waals surface area contributed by atoms with E-state index in [0.717, 1.165) is 27.1 Å². The number of carbonyl (C=O) groups is 2. The van der Waals surface area contributed by atoms with Crippen LogP contribution in [0.5, 0.6) is 0 Å². The maximum atomic E-state index is 13.5.